The summed E-state index contributed by atoms with van der Waals surface area (Å²) in [5.41, 5.74) is 0.345. The zero-order valence-corrected chi connectivity index (χ0v) is 21.9. The van der Waals surface area contributed by atoms with Crippen molar-refractivity contribution in [2.75, 3.05) is 19.7 Å². The monoisotopic (exact) mass is 571 g/mol. The number of amides is 2. The number of unbranched alkanes of at least 4 members (excludes halogenated alkanes) is 1. The van der Waals surface area contributed by atoms with Gasteiger partial charge in [-0.15, -0.1) is 0 Å². The van der Waals surface area contributed by atoms with Crippen LogP contribution in [0.4, 0.5) is 13.2 Å². The Morgan fingerprint density at radius 2 is 1.75 bits per heavy atom. The number of esters is 1. The normalized spacial score (nSPS) is 16.1. The Hall–Kier alpha value is -4.06. The molecule has 0 aliphatic carbocycles. The first-order valence-electron chi connectivity index (χ1n) is 12.5. The average Bonchev–Trinajstić information content (AvgIpc) is 3.43. The van der Waals surface area contributed by atoms with E-state index in [1.165, 1.54) is 4.90 Å². The molecule has 1 heterocycles. The van der Waals surface area contributed by atoms with Crippen LogP contribution in [0.15, 0.2) is 30.3 Å². The lowest BCUT2D eigenvalue weighted by Gasteiger charge is -2.29. The summed E-state index contributed by atoms with van der Waals surface area (Å²) >= 11 is 0. The number of aliphatic carboxylic acids is 1. The fraction of sp³-hybridized carbons (Fsp3) is 0.560. The van der Waals surface area contributed by atoms with Gasteiger partial charge in [-0.1, -0.05) is 30.3 Å². The molecule has 1 fully saturated rings. The van der Waals surface area contributed by atoms with E-state index in [0.29, 0.717) is 12.0 Å². The molecule has 220 valence electrons. The van der Waals surface area contributed by atoms with Crippen molar-refractivity contribution in [2.24, 2.45) is 0 Å². The molecule has 15 heteroatoms. The Morgan fingerprint density at radius 1 is 1.10 bits per heavy atom. The number of likely N-dealkylation sites (tertiary alicyclic amines) is 1. The first kappa shape index (κ1) is 34.0. The molecule has 1 unspecified atom stereocenters. The van der Waals surface area contributed by atoms with Crippen LogP contribution in [0.3, 0.4) is 0 Å². The van der Waals surface area contributed by atoms with Gasteiger partial charge in [0.05, 0.1) is 12.6 Å². The summed E-state index contributed by atoms with van der Waals surface area (Å²) < 4.78 is 42.2. The third-order valence-corrected chi connectivity index (χ3v) is 6.04. The van der Waals surface area contributed by atoms with Crippen LogP contribution < -0.4 is 10.6 Å². The largest absolute Gasteiger partial charge is 0.480 e. The van der Waals surface area contributed by atoms with Crippen molar-refractivity contribution in [3.63, 3.8) is 0 Å². The van der Waals surface area contributed by atoms with Crippen molar-refractivity contribution in [3.05, 3.63) is 35.9 Å². The first-order chi connectivity index (χ1) is 19.0. The van der Waals surface area contributed by atoms with Gasteiger partial charge in [-0.2, -0.15) is 13.2 Å². The van der Waals surface area contributed by atoms with Crippen LogP contribution in [-0.2, 0) is 23.9 Å². The fourth-order valence-electron chi connectivity index (χ4n) is 4.16. The molecule has 1 aliphatic rings. The molecule has 2 amide bonds. The number of ketones is 1. The van der Waals surface area contributed by atoms with Gasteiger partial charge in [0.1, 0.15) is 12.1 Å². The van der Waals surface area contributed by atoms with Crippen LogP contribution in [-0.4, -0.2) is 83.5 Å². The second-order valence-corrected chi connectivity index (χ2v) is 8.79. The Morgan fingerprint density at radius 3 is 2.33 bits per heavy atom. The standard InChI is InChI=1S/C25H32F3N3O7.N2/c1-2-38-23(36)18(15-20(32)16-9-4-3-5-10-16)30-17(11-6-7-13-29-24(37)25(26,27)28)21(33)31-14-8-12-19(31)22(34)35;1-2/h3-5,9-10,17-19,30H,2,6-8,11-15H2,1H3,(H,29,37)(H,34,35);/t17-,18?,19-;/m0./s1. The highest BCUT2D eigenvalue weighted by atomic mass is 19.4. The molecule has 12 nitrogen and oxygen atoms in total. The highest BCUT2D eigenvalue weighted by Crippen LogP contribution is 2.21. The summed E-state index contributed by atoms with van der Waals surface area (Å²) in [5.74, 6) is -5.02. The minimum atomic E-state index is -5.01. The summed E-state index contributed by atoms with van der Waals surface area (Å²) in [6.45, 7) is 1.48. The number of Topliss-reactive ketones (excluding diaryl/α,β-unsaturated/α-hetero) is 1. The quantitative estimate of drug-likeness (QED) is 0.129. The second-order valence-electron chi connectivity index (χ2n) is 8.79. The van der Waals surface area contributed by atoms with E-state index in [1.807, 2.05) is 0 Å². The van der Waals surface area contributed by atoms with Gasteiger partial charge < -0.3 is 20.1 Å². The maximum Gasteiger partial charge on any atom is 0.471 e. The van der Waals surface area contributed by atoms with Crippen molar-refractivity contribution in [1.82, 2.24) is 15.5 Å². The Balaban J connectivity index is 0.00000391. The molecule has 0 aromatic heterocycles. The molecular weight excluding hydrogens is 539 g/mol. The minimum Gasteiger partial charge on any atom is -0.480 e. The van der Waals surface area contributed by atoms with Crippen molar-refractivity contribution < 1.29 is 47.0 Å². The number of hydrogen-bond donors (Lipinski definition) is 3. The lowest BCUT2D eigenvalue weighted by Crippen LogP contribution is -2.54. The van der Waals surface area contributed by atoms with Crippen LogP contribution >= 0.6 is 0 Å². The highest BCUT2D eigenvalue weighted by molar-refractivity contribution is 5.99. The SMILES string of the molecule is CCOC(=O)C(CC(=O)c1ccccc1)N[C@@H](CCCCNC(=O)C(F)(F)F)C(=O)N1CCC[C@H]1C(=O)O.N#N. The molecule has 3 N–H and O–H groups in total. The Bertz CT molecular complexity index is 1040. The maximum atomic E-state index is 13.4. The number of benzene rings is 1. The van der Waals surface area contributed by atoms with Crippen molar-refractivity contribution in [3.8, 4) is 0 Å². The van der Waals surface area contributed by atoms with Gasteiger partial charge in [0.25, 0.3) is 0 Å². The number of halogens is 3. The molecule has 0 bridgehead atoms. The van der Waals surface area contributed by atoms with Crippen LogP contribution in [0, 0.1) is 10.8 Å². The topological polar surface area (TPSA) is 190 Å². The molecule has 1 saturated heterocycles. The van der Waals surface area contributed by atoms with E-state index in [9.17, 15) is 42.3 Å². The number of carbonyl (C=O) groups excluding carboxylic acids is 4. The Labute approximate surface area is 228 Å². The lowest BCUT2D eigenvalue weighted by molar-refractivity contribution is -0.173. The number of nitrogens with zero attached hydrogens (tertiary/aromatic N) is 3. The van der Waals surface area contributed by atoms with Crippen molar-refractivity contribution in [1.29, 1.82) is 10.8 Å². The predicted molar refractivity (Wildman–Crippen MR) is 131 cm³/mol. The number of carboxylic acid groups (broad SMARTS) is 1. The van der Waals surface area contributed by atoms with Gasteiger partial charge in [0, 0.05) is 35.9 Å². The summed E-state index contributed by atoms with van der Waals surface area (Å²) in [6, 6.07) is 4.78. The lowest BCUT2D eigenvalue weighted by atomic mass is 10.0. The molecule has 0 saturated carbocycles. The number of carbonyl (C=O) groups is 5. The van der Waals surface area contributed by atoms with E-state index in [4.69, 9.17) is 15.5 Å². The molecule has 0 radical (unpaired) electrons. The molecule has 0 spiro atoms. The third-order valence-electron chi connectivity index (χ3n) is 6.04. The fourth-order valence-corrected chi connectivity index (χ4v) is 4.16. The number of carboxylic acids is 1. The molecule has 2 rings (SSSR count). The maximum absolute atomic E-state index is 13.4. The molecule has 3 atom stereocenters. The van der Waals surface area contributed by atoms with Crippen molar-refractivity contribution >= 4 is 29.5 Å². The van der Waals surface area contributed by atoms with E-state index < -0.39 is 48.1 Å². The predicted octanol–water partition coefficient (Wildman–Crippen LogP) is 2.10. The van der Waals surface area contributed by atoms with Gasteiger partial charge in [-0.3, -0.25) is 24.5 Å². The van der Waals surface area contributed by atoms with Crippen LogP contribution in [0.5, 0.6) is 0 Å². The number of hydrogen-bond acceptors (Lipinski definition) is 9. The van der Waals surface area contributed by atoms with Crippen molar-refractivity contribution in [2.45, 2.75) is 69.8 Å². The van der Waals surface area contributed by atoms with Crippen LogP contribution in [0.25, 0.3) is 0 Å². The first-order valence-corrected chi connectivity index (χ1v) is 12.5. The van der Waals surface area contributed by atoms with Crippen LogP contribution in [0.2, 0.25) is 0 Å². The summed E-state index contributed by atoms with van der Waals surface area (Å²) in [5, 5.41) is 26.1. The highest BCUT2D eigenvalue weighted by Gasteiger charge is 2.39. The summed E-state index contributed by atoms with van der Waals surface area (Å²) in [4.78, 5) is 62.7. The summed E-state index contributed by atoms with van der Waals surface area (Å²) in [6.07, 6.45) is -4.37. The van der Waals surface area contributed by atoms with E-state index in [0.717, 1.165) is 0 Å². The number of ether oxygens (including phenoxy) is 1. The molecule has 1 aromatic carbocycles. The van der Waals surface area contributed by atoms with Gasteiger partial charge in [0.2, 0.25) is 5.91 Å². The summed E-state index contributed by atoms with van der Waals surface area (Å²) in [7, 11) is 0. The zero-order chi connectivity index (χ0) is 30.3. The van der Waals surface area contributed by atoms with E-state index in [2.05, 4.69) is 5.32 Å². The molecular formula is C25H32F3N5O7. The Kier molecular flexibility index (Phi) is 14.3. The molecule has 1 aromatic rings. The number of alkyl halides is 3. The number of nitrogens with one attached hydrogen (secondary N) is 2. The zero-order valence-electron chi connectivity index (χ0n) is 21.9. The average molecular weight is 572 g/mol. The number of rotatable bonds is 14. The van der Waals surface area contributed by atoms with Gasteiger partial charge in [-0.05, 0) is 39.0 Å². The minimum absolute atomic E-state index is 0.0129. The smallest absolute Gasteiger partial charge is 0.471 e. The van der Waals surface area contributed by atoms with Gasteiger partial charge in [-0.25, -0.2) is 4.79 Å². The molecule has 40 heavy (non-hydrogen) atoms. The van der Waals surface area contributed by atoms with Gasteiger partial charge in [0.15, 0.2) is 5.78 Å². The van der Waals surface area contributed by atoms with E-state index in [-0.39, 0.29) is 57.6 Å². The van der Waals surface area contributed by atoms with Crippen LogP contribution in [0.1, 0.15) is 55.8 Å². The van der Waals surface area contributed by atoms with Gasteiger partial charge >= 0.3 is 24.0 Å². The van der Waals surface area contributed by atoms with E-state index in [1.54, 1.807) is 42.6 Å². The van der Waals surface area contributed by atoms with E-state index >= 15 is 0 Å². The molecule has 1 aliphatic heterocycles. The second kappa shape index (κ2) is 16.8. The third kappa shape index (κ3) is 10.6.